The molecule has 2 atom stereocenters. The highest BCUT2D eigenvalue weighted by Gasteiger charge is 2.49. The van der Waals surface area contributed by atoms with E-state index in [2.05, 4.69) is 24.5 Å². The minimum absolute atomic E-state index is 0.127. The monoisotopic (exact) mass is 330 g/mol. The van der Waals surface area contributed by atoms with Gasteiger partial charge < -0.3 is 10.6 Å². The third-order valence-electron chi connectivity index (χ3n) is 5.53. The van der Waals surface area contributed by atoms with Crippen molar-refractivity contribution in [1.82, 2.24) is 10.6 Å². The van der Waals surface area contributed by atoms with Gasteiger partial charge in [-0.15, -0.1) is 0 Å². The number of hydrogen-bond donors (Lipinski definition) is 2. The molecule has 6 heteroatoms. The van der Waals surface area contributed by atoms with Crippen molar-refractivity contribution in [3.63, 3.8) is 0 Å². The molecule has 2 unspecified atom stereocenters. The molecule has 1 amide bonds. The Morgan fingerprint density at radius 1 is 1.23 bits per heavy atom. The van der Waals surface area contributed by atoms with E-state index < -0.39 is 14.6 Å². The van der Waals surface area contributed by atoms with Crippen LogP contribution in [0.4, 0.5) is 0 Å². The number of amides is 1. The molecule has 1 heterocycles. The Kier molecular flexibility index (Phi) is 5.54. The fraction of sp³-hybridized carbons (Fsp3) is 0.938. The first-order valence-electron chi connectivity index (χ1n) is 8.47. The number of carbonyl (C=O) groups is 1. The summed E-state index contributed by atoms with van der Waals surface area (Å²) in [6.45, 7) is 5.61. The maximum absolute atomic E-state index is 12.8. The van der Waals surface area contributed by atoms with Gasteiger partial charge in [0.15, 0.2) is 14.6 Å². The van der Waals surface area contributed by atoms with Gasteiger partial charge in [-0.25, -0.2) is 8.42 Å². The largest absolute Gasteiger partial charge is 0.352 e. The summed E-state index contributed by atoms with van der Waals surface area (Å²) in [5.74, 6) is 0.967. The Morgan fingerprint density at radius 3 is 2.41 bits per heavy atom. The first-order valence-corrected chi connectivity index (χ1v) is 10.4. The van der Waals surface area contributed by atoms with E-state index in [9.17, 15) is 13.2 Å². The van der Waals surface area contributed by atoms with Gasteiger partial charge in [0.2, 0.25) is 5.91 Å². The average molecular weight is 330 g/mol. The lowest BCUT2D eigenvalue weighted by Gasteiger charge is -2.38. The fourth-order valence-electron chi connectivity index (χ4n) is 3.88. The highest BCUT2D eigenvalue weighted by Crippen LogP contribution is 2.32. The molecule has 0 radical (unpaired) electrons. The zero-order valence-electron chi connectivity index (χ0n) is 14.0. The Labute approximate surface area is 134 Å². The van der Waals surface area contributed by atoms with E-state index in [4.69, 9.17) is 0 Å². The summed E-state index contributed by atoms with van der Waals surface area (Å²) < 4.78 is 23.3. The van der Waals surface area contributed by atoms with Crippen LogP contribution in [0.1, 0.15) is 52.4 Å². The van der Waals surface area contributed by atoms with Crippen LogP contribution in [-0.4, -0.2) is 44.5 Å². The van der Waals surface area contributed by atoms with Gasteiger partial charge in [-0.3, -0.25) is 4.79 Å². The van der Waals surface area contributed by atoms with Gasteiger partial charge in [0, 0.05) is 12.3 Å². The average Bonchev–Trinajstić information content (AvgIpc) is 2.47. The van der Waals surface area contributed by atoms with Crippen LogP contribution < -0.4 is 10.6 Å². The molecule has 2 aliphatic rings. The maximum Gasteiger partial charge on any atom is 0.241 e. The van der Waals surface area contributed by atoms with E-state index in [1.165, 1.54) is 12.7 Å². The Balaban J connectivity index is 2.09. The molecule has 2 N–H and O–H groups in total. The quantitative estimate of drug-likeness (QED) is 0.819. The van der Waals surface area contributed by atoms with Crippen molar-refractivity contribution in [3.05, 3.63) is 0 Å². The fourth-order valence-corrected chi connectivity index (χ4v) is 5.22. The first kappa shape index (κ1) is 17.7. The van der Waals surface area contributed by atoms with Gasteiger partial charge >= 0.3 is 0 Å². The lowest BCUT2D eigenvalue weighted by atomic mass is 9.79. The predicted molar refractivity (Wildman–Crippen MR) is 88.4 cm³/mol. The third kappa shape index (κ3) is 3.65. The van der Waals surface area contributed by atoms with Crippen LogP contribution in [0.5, 0.6) is 0 Å². The van der Waals surface area contributed by atoms with Gasteiger partial charge in [0.1, 0.15) is 0 Å². The summed E-state index contributed by atoms with van der Waals surface area (Å²) in [4.78, 5) is 12.8. The minimum atomic E-state index is -3.42. The van der Waals surface area contributed by atoms with Crippen molar-refractivity contribution >= 4 is 15.7 Å². The summed E-state index contributed by atoms with van der Waals surface area (Å²) in [6, 6.07) is 0.127. The number of sulfone groups is 1. The Hall–Kier alpha value is -0.620. The normalized spacial score (nSPS) is 29.3. The summed E-state index contributed by atoms with van der Waals surface area (Å²) >= 11 is 0. The topological polar surface area (TPSA) is 75.3 Å². The summed E-state index contributed by atoms with van der Waals surface area (Å²) in [5.41, 5.74) is 0. The summed E-state index contributed by atoms with van der Waals surface area (Å²) in [7, 11) is -3.42. The van der Waals surface area contributed by atoms with Gasteiger partial charge in [-0.2, -0.15) is 0 Å². The molecule has 0 spiro atoms. The molecule has 1 aliphatic heterocycles. The molecule has 2 fully saturated rings. The molecule has 128 valence electrons. The molecule has 0 bridgehead atoms. The molecule has 22 heavy (non-hydrogen) atoms. The smallest absolute Gasteiger partial charge is 0.241 e. The molecule has 1 saturated heterocycles. The van der Waals surface area contributed by atoms with Crippen LogP contribution >= 0.6 is 0 Å². The molecule has 2 rings (SSSR count). The number of rotatable bonds is 4. The van der Waals surface area contributed by atoms with Gasteiger partial charge in [0.05, 0.1) is 0 Å². The van der Waals surface area contributed by atoms with Crippen molar-refractivity contribution in [1.29, 1.82) is 0 Å². The van der Waals surface area contributed by atoms with Gasteiger partial charge in [-0.05, 0) is 50.6 Å². The highest BCUT2D eigenvalue weighted by molar-refractivity contribution is 7.92. The van der Waals surface area contributed by atoms with E-state index in [0.29, 0.717) is 37.8 Å². The van der Waals surface area contributed by atoms with Crippen molar-refractivity contribution in [2.75, 3.05) is 19.3 Å². The first-order chi connectivity index (χ1) is 10.3. The van der Waals surface area contributed by atoms with Crippen LogP contribution in [0.2, 0.25) is 0 Å². The number of hydrogen-bond acceptors (Lipinski definition) is 4. The standard InChI is InChI=1S/C16H30N2O3S/c1-12(2)13-5-4-6-14(11-13)18-15(19)16(22(3,20)21)7-9-17-10-8-16/h12-14,17H,4-11H2,1-3H3,(H,18,19). The highest BCUT2D eigenvalue weighted by atomic mass is 32.2. The zero-order chi connectivity index (χ0) is 16.4. The predicted octanol–water partition coefficient (Wildman–Crippen LogP) is 1.48. The van der Waals surface area contributed by atoms with E-state index in [1.807, 2.05) is 0 Å². The molecular formula is C16H30N2O3S. The number of piperidine rings is 1. The molecular weight excluding hydrogens is 300 g/mol. The number of carbonyl (C=O) groups excluding carboxylic acids is 1. The van der Waals surface area contributed by atoms with E-state index in [0.717, 1.165) is 19.3 Å². The van der Waals surface area contributed by atoms with E-state index in [1.54, 1.807) is 0 Å². The van der Waals surface area contributed by atoms with Crippen molar-refractivity contribution in [3.8, 4) is 0 Å². The SMILES string of the molecule is CC(C)C1CCCC(NC(=O)C2(S(C)(=O)=O)CCNCC2)C1. The van der Waals surface area contributed by atoms with Crippen LogP contribution in [-0.2, 0) is 14.6 Å². The second kappa shape index (κ2) is 6.87. The molecule has 0 aromatic carbocycles. The lowest BCUT2D eigenvalue weighted by Crippen LogP contribution is -2.59. The second-order valence-corrected chi connectivity index (χ2v) is 9.68. The Morgan fingerprint density at radius 2 is 1.86 bits per heavy atom. The molecule has 1 aliphatic carbocycles. The van der Waals surface area contributed by atoms with Gasteiger partial charge in [-0.1, -0.05) is 26.7 Å². The van der Waals surface area contributed by atoms with Crippen molar-refractivity contribution in [2.45, 2.75) is 63.2 Å². The van der Waals surface area contributed by atoms with Gasteiger partial charge in [0.25, 0.3) is 0 Å². The van der Waals surface area contributed by atoms with Crippen molar-refractivity contribution < 1.29 is 13.2 Å². The van der Waals surface area contributed by atoms with Crippen LogP contribution in [0.3, 0.4) is 0 Å². The molecule has 0 aromatic rings. The zero-order valence-corrected chi connectivity index (χ0v) is 14.8. The van der Waals surface area contributed by atoms with Crippen molar-refractivity contribution in [2.24, 2.45) is 11.8 Å². The Bertz CT molecular complexity index is 496. The van der Waals surface area contributed by atoms with Crippen LogP contribution in [0.25, 0.3) is 0 Å². The van der Waals surface area contributed by atoms with Crippen LogP contribution in [0.15, 0.2) is 0 Å². The molecule has 0 aromatic heterocycles. The van der Waals surface area contributed by atoms with Crippen LogP contribution in [0, 0.1) is 11.8 Å². The van der Waals surface area contributed by atoms with E-state index >= 15 is 0 Å². The minimum Gasteiger partial charge on any atom is -0.352 e. The lowest BCUT2D eigenvalue weighted by molar-refractivity contribution is -0.125. The number of nitrogens with one attached hydrogen (secondary N) is 2. The third-order valence-corrected chi connectivity index (χ3v) is 7.54. The molecule has 1 saturated carbocycles. The maximum atomic E-state index is 12.8. The summed E-state index contributed by atoms with van der Waals surface area (Å²) in [6.07, 6.45) is 6.21. The summed E-state index contributed by atoms with van der Waals surface area (Å²) in [5, 5.41) is 6.22. The molecule has 5 nitrogen and oxygen atoms in total. The van der Waals surface area contributed by atoms with E-state index in [-0.39, 0.29) is 11.9 Å². The second-order valence-electron chi connectivity index (χ2n) is 7.36.